The number of rotatable bonds is 4. The van der Waals surface area contributed by atoms with Gasteiger partial charge in [0.15, 0.2) is 0 Å². The summed E-state index contributed by atoms with van der Waals surface area (Å²) in [6.07, 6.45) is 0. The number of aromatic nitrogens is 2. The molecule has 1 heterocycles. The molecule has 2 aromatic carbocycles. The van der Waals surface area contributed by atoms with E-state index in [9.17, 15) is 4.79 Å². The third-order valence-electron chi connectivity index (χ3n) is 4.39. The molecule has 0 saturated heterocycles. The molecule has 1 atom stereocenters. The predicted molar refractivity (Wildman–Crippen MR) is 106 cm³/mol. The lowest BCUT2D eigenvalue weighted by atomic mass is 9.95. The van der Waals surface area contributed by atoms with Gasteiger partial charge in [0.2, 0.25) is 5.91 Å². The first kappa shape index (κ1) is 18.5. The van der Waals surface area contributed by atoms with Crippen molar-refractivity contribution in [1.29, 1.82) is 0 Å². The van der Waals surface area contributed by atoms with Gasteiger partial charge in [-0.15, -0.1) is 0 Å². The minimum absolute atomic E-state index is 0.00125. The second-order valence-electron chi connectivity index (χ2n) is 7.58. The maximum atomic E-state index is 12.4. The highest BCUT2D eigenvalue weighted by atomic mass is 35.5. The molecule has 0 radical (unpaired) electrons. The smallest absolute Gasteiger partial charge is 0.225 e. The Bertz CT molecular complexity index is 940. The van der Waals surface area contributed by atoms with Gasteiger partial charge in [-0.05, 0) is 30.7 Å². The number of imidazole rings is 1. The van der Waals surface area contributed by atoms with Gasteiger partial charge in [-0.3, -0.25) is 4.79 Å². The molecule has 5 heteroatoms. The van der Waals surface area contributed by atoms with Gasteiger partial charge in [0.05, 0.1) is 23.6 Å². The van der Waals surface area contributed by atoms with Crippen LogP contribution in [-0.2, 0) is 11.3 Å². The zero-order chi connectivity index (χ0) is 18.9. The topological polar surface area (TPSA) is 46.9 Å². The Morgan fingerprint density at radius 2 is 1.81 bits per heavy atom. The van der Waals surface area contributed by atoms with Gasteiger partial charge in [0.1, 0.15) is 5.82 Å². The van der Waals surface area contributed by atoms with Crippen LogP contribution in [0.2, 0.25) is 5.02 Å². The fourth-order valence-electron chi connectivity index (χ4n) is 2.87. The normalized spacial score (nSPS) is 13.0. The summed E-state index contributed by atoms with van der Waals surface area (Å²) in [7, 11) is 0. The zero-order valence-electron chi connectivity index (χ0n) is 15.6. The maximum absolute atomic E-state index is 12.4. The molecule has 1 unspecified atom stereocenters. The van der Waals surface area contributed by atoms with Crippen LogP contribution in [0.3, 0.4) is 0 Å². The molecule has 0 aliphatic rings. The van der Waals surface area contributed by atoms with Crippen molar-refractivity contribution in [3.63, 3.8) is 0 Å². The summed E-state index contributed by atoms with van der Waals surface area (Å²) < 4.78 is 2.13. The average molecular weight is 370 g/mol. The number of hydrogen-bond acceptors (Lipinski definition) is 2. The summed E-state index contributed by atoms with van der Waals surface area (Å²) in [6.45, 7) is 8.28. The molecule has 0 spiro atoms. The van der Waals surface area contributed by atoms with Crippen LogP contribution in [-0.4, -0.2) is 15.5 Å². The Hall–Kier alpha value is -2.33. The number of nitrogens with zero attached hydrogens (tertiary/aromatic N) is 2. The minimum Gasteiger partial charge on any atom is -0.346 e. The van der Waals surface area contributed by atoms with E-state index in [1.807, 2.05) is 76.2 Å². The molecular weight excluding hydrogens is 346 g/mol. The van der Waals surface area contributed by atoms with Crippen LogP contribution < -0.4 is 5.32 Å². The van der Waals surface area contributed by atoms with Gasteiger partial charge < -0.3 is 9.88 Å². The molecule has 0 fully saturated rings. The molecule has 3 rings (SSSR count). The number of carbonyl (C=O) groups excluding carboxylic acids is 1. The molecule has 4 nitrogen and oxygen atoms in total. The zero-order valence-corrected chi connectivity index (χ0v) is 16.3. The van der Waals surface area contributed by atoms with Crippen molar-refractivity contribution in [2.45, 2.75) is 40.3 Å². The number of fused-ring (bicyclic) bond motifs is 1. The molecule has 1 amide bonds. The quantitative estimate of drug-likeness (QED) is 0.706. The van der Waals surface area contributed by atoms with Crippen molar-refractivity contribution in [2.24, 2.45) is 5.41 Å². The number of hydrogen-bond donors (Lipinski definition) is 1. The number of nitrogens with one attached hydrogen (secondary N) is 1. The summed E-state index contributed by atoms with van der Waals surface area (Å²) >= 11 is 6.36. The van der Waals surface area contributed by atoms with E-state index < -0.39 is 5.41 Å². The third-order valence-corrected chi connectivity index (χ3v) is 4.76. The lowest BCUT2D eigenvalue weighted by Gasteiger charge is -2.22. The van der Waals surface area contributed by atoms with Gasteiger partial charge >= 0.3 is 0 Å². The Labute approximate surface area is 159 Å². The standard InChI is InChI=1S/C21H24ClN3O/c1-14(23-20(26)21(2,3)4)19-24-17-11-7-8-12-18(17)25(19)13-15-9-5-6-10-16(15)22/h5-12,14H,13H2,1-4H3,(H,23,26). The fourth-order valence-corrected chi connectivity index (χ4v) is 3.06. The Balaban J connectivity index is 2.02. The number of amides is 1. The monoisotopic (exact) mass is 369 g/mol. The first-order valence-electron chi connectivity index (χ1n) is 8.77. The predicted octanol–water partition coefficient (Wildman–Crippen LogP) is 4.96. The van der Waals surface area contributed by atoms with E-state index in [2.05, 4.69) is 9.88 Å². The Morgan fingerprint density at radius 1 is 1.15 bits per heavy atom. The lowest BCUT2D eigenvalue weighted by Crippen LogP contribution is -2.37. The van der Waals surface area contributed by atoms with Crippen LogP contribution in [0.5, 0.6) is 0 Å². The first-order valence-corrected chi connectivity index (χ1v) is 9.14. The number of benzene rings is 2. The van der Waals surface area contributed by atoms with E-state index in [1.165, 1.54) is 0 Å². The third kappa shape index (κ3) is 3.75. The van der Waals surface area contributed by atoms with Crippen molar-refractivity contribution >= 4 is 28.5 Å². The number of halogens is 1. The van der Waals surface area contributed by atoms with Gasteiger partial charge in [0, 0.05) is 10.4 Å². The molecule has 3 aromatic rings. The van der Waals surface area contributed by atoms with E-state index in [1.54, 1.807) is 0 Å². The molecular formula is C21H24ClN3O. The van der Waals surface area contributed by atoms with Crippen LogP contribution in [0.15, 0.2) is 48.5 Å². The molecule has 1 N–H and O–H groups in total. The molecule has 0 aliphatic heterocycles. The summed E-state index contributed by atoms with van der Waals surface area (Å²) in [4.78, 5) is 17.2. The molecule has 136 valence electrons. The van der Waals surface area contributed by atoms with Crippen molar-refractivity contribution in [2.75, 3.05) is 0 Å². The van der Waals surface area contributed by atoms with E-state index in [4.69, 9.17) is 16.6 Å². The first-order chi connectivity index (χ1) is 12.3. The van der Waals surface area contributed by atoms with E-state index >= 15 is 0 Å². The Kier molecular flexibility index (Phi) is 5.05. The highest BCUT2D eigenvalue weighted by Gasteiger charge is 2.25. The van der Waals surface area contributed by atoms with E-state index in [0.717, 1.165) is 27.4 Å². The van der Waals surface area contributed by atoms with Gasteiger partial charge in [0.25, 0.3) is 0 Å². The second-order valence-corrected chi connectivity index (χ2v) is 7.99. The van der Waals surface area contributed by atoms with Gasteiger partial charge in [-0.25, -0.2) is 4.98 Å². The van der Waals surface area contributed by atoms with Crippen molar-refractivity contribution in [1.82, 2.24) is 14.9 Å². The molecule has 0 saturated carbocycles. The van der Waals surface area contributed by atoms with Crippen molar-refractivity contribution in [3.8, 4) is 0 Å². The number of carbonyl (C=O) groups is 1. The van der Waals surface area contributed by atoms with Crippen LogP contribution in [0.1, 0.15) is 45.1 Å². The molecule has 1 aromatic heterocycles. The van der Waals surface area contributed by atoms with Gasteiger partial charge in [-0.2, -0.15) is 0 Å². The molecule has 0 aliphatic carbocycles. The van der Waals surface area contributed by atoms with Crippen LogP contribution in [0.25, 0.3) is 11.0 Å². The summed E-state index contributed by atoms with van der Waals surface area (Å²) in [5.74, 6) is 0.824. The largest absolute Gasteiger partial charge is 0.346 e. The SMILES string of the molecule is CC(NC(=O)C(C)(C)C)c1nc2ccccc2n1Cc1ccccc1Cl. The summed E-state index contributed by atoms with van der Waals surface area (Å²) in [5.41, 5.74) is 2.51. The molecule has 0 bridgehead atoms. The van der Waals surface area contributed by atoms with Gasteiger partial charge in [-0.1, -0.05) is 62.7 Å². The van der Waals surface area contributed by atoms with E-state index in [0.29, 0.717) is 6.54 Å². The minimum atomic E-state index is -0.451. The van der Waals surface area contributed by atoms with Crippen molar-refractivity contribution in [3.05, 3.63) is 64.9 Å². The molecule has 26 heavy (non-hydrogen) atoms. The highest BCUT2D eigenvalue weighted by Crippen LogP contribution is 2.25. The van der Waals surface area contributed by atoms with Crippen LogP contribution >= 0.6 is 11.6 Å². The average Bonchev–Trinajstić information content (AvgIpc) is 2.95. The fraction of sp³-hybridized carbons (Fsp3) is 0.333. The van der Waals surface area contributed by atoms with Crippen LogP contribution in [0, 0.1) is 5.41 Å². The summed E-state index contributed by atoms with van der Waals surface area (Å²) in [6, 6.07) is 15.6. The number of para-hydroxylation sites is 2. The highest BCUT2D eigenvalue weighted by molar-refractivity contribution is 6.31. The second kappa shape index (κ2) is 7.12. The summed E-state index contributed by atoms with van der Waals surface area (Å²) in [5, 5.41) is 3.81. The Morgan fingerprint density at radius 3 is 2.50 bits per heavy atom. The van der Waals surface area contributed by atoms with Crippen molar-refractivity contribution < 1.29 is 4.79 Å². The maximum Gasteiger partial charge on any atom is 0.225 e. The van der Waals surface area contributed by atoms with Crippen LogP contribution in [0.4, 0.5) is 0 Å². The lowest BCUT2D eigenvalue weighted by molar-refractivity contribution is -0.129. The van der Waals surface area contributed by atoms with E-state index in [-0.39, 0.29) is 11.9 Å².